The Hall–Kier alpha value is -4.12. The van der Waals surface area contributed by atoms with E-state index >= 15 is 0 Å². The van der Waals surface area contributed by atoms with E-state index in [1.807, 2.05) is 42.5 Å². The average molecular weight is 407 g/mol. The van der Waals surface area contributed by atoms with Crippen LogP contribution in [0.3, 0.4) is 0 Å². The number of furan rings is 1. The van der Waals surface area contributed by atoms with Crippen molar-refractivity contribution in [3.05, 3.63) is 103 Å². The van der Waals surface area contributed by atoms with Crippen molar-refractivity contribution in [1.29, 1.82) is 0 Å². The minimum Gasteiger partial charge on any atom is -0.472 e. The molecule has 0 aliphatic carbocycles. The molecule has 0 spiro atoms. The highest BCUT2D eigenvalue weighted by Gasteiger charge is 2.13. The second-order valence-corrected chi connectivity index (χ2v) is 7.50. The van der Waals surface area contributed by atoms with Crippen LogP contribution in [-0.4, -0.2) is 15.5 Å². The lowest BCUT2D eigenvalue weighted by Crippen LogP contribution is -2.14. The van der Waals surface area contributed by atoms with Crippen molar-refractivity contribution >= 4 is 22.5 Å². The van der Waals surface area contributed by atoms with Crippen molar-refractivity contribution in [2.45, 2.75) is 13.3 Å². The van der Waals surface area contributed by atoms with E-state index in [0.29, 0.717) is 6.42 Å². The van der Waals surface area contributed by atoms with Crippen molar-refractivity contribution < 1.29 is 9.21 Å². The van der Waals surface area contributed by atoms with Gasteiger partial charge in [0.15, 0.2) is 0 Å². The molecule has 0 aliphatic heterocycles. The largest absolute Gasteiger partial charge is 0.472 e. The highest BCUT2D eigenvalue weighted by Crippen LogP contribution is 2.33. The predicted molar refractivity (Wildman–Crippen MR) is 122 cm³/mol. The Morgan fingerprint density at radius 3 is 2.68 bits per heavy atom. The third kappa shape index (κ3) is 3.73. The monoisotopic (exact) mass is 407 g/mol. The molecule has 0 atom stereocenters. The summed E-state index contributed by atoms with van der Waals surface area (Å²) in [7, 11) is 0. The maximum absolute atomic E-state index is 12.3. The van der Waals surface area contributed by atoms with Crippen molar-refractivity contribution in [3.8, 4) is 16.8 Å². The van der Waals surface area contributed by atoms with Gasteiger partial charge in [0.2, 0.25) is 5.91 Å². The summed E-state index contributed by atoms with van der Waals surface area (Å²) in [6, 6.07) is 22.1. The topological polar surface area (TPSA) is 60.1 Å². The van der Waals surface area contributed by atoms with Crippen LogP contribution in [0.25, 0.3) is 27.7 Å². The first kappa shape index (κ1) is 18.9. The van der Waals surface area contributed by atoms with Gasteiger partial charge in [-0.2, -0.15) is 0 Å². The molecular weight excluding hydrogens is 386 g/mol. The fourth-order valence-electron chi connectivity index (χ4n) is 3.96. The van der Waals surface area contributed by atoms with Gasteiger partial charge in [0.25, 0.3) is 0 Å². The molecular formula is C26H21N3O2. The Kier molecular flexibility index (Phi) is 4.84. The predicted octanol–water partition coefficient (Wildman–Crippen LogP) is 5.78. The fraction of sp³-hybridized carbons (Fsp3) is 0.0769. The van der Waals surface area contributed by atoms with E-state index in [-0.39, 0.29) is 5.91 Å². The number of hydrogen-bond donors (Lipinski definition) is 1. The van der Waals surface area contributed by atoms with Crippen molar-refractivity contribution in [3.63, 3.8) is 0 Å². The van der Waals surface area contributed by atoms with E-state index in [9.17, 15) is 4.79 Å². The summed E-state index contributed by atoms with van der Waals surface area (Å²) < 4.78 is 7.50. The van der Waals surface area contributed by atoms with E-state index < -0.39 is 0 Å². The number of benzene rings is 2. The third-order valence-electron chi connectivity index (χ3n) is 5.36. The van der Waals surface area contributed by atoms with Crippen molar-refractivity contribution in [1.82, 2.24) is 9.55 Å². The van der Waals surface area contributed by atoms with Gasteiger partial charge in [0, 0.05) is 40.4 Å². The molecule has 3 aromatic heterocycles. The summed E-state index contributed by atoms with van der Waals surface area (Å²) in [6.45, 7) is 2.10. The third-order valence-corrected chi connectivity index (χ3v) is 5.36. The Bertz CT molecular complexity index is 1340. The molecule has 5 nitrogen and oxygen atoms in total. The van der Waals surface area contributed by atoms with Crippen LogP contribution in [-0.2, 0) is 11.2 Å². The molecule has 0 saturated carbocycles. The maximum Gasteiger partial charge on any atom is 0.228 e. The Morgan fingerprint density at radius 1 is 1.06 bits per heavy atom. The summed E-state index contributed by atoms with van der Waals surface area (Å²) in [5.74, 6) is -0.0619. The number of aryl methyl sites for hydroxylation is 1. The lowest BCUT2D eigenvalue weighted by molar-refractivity contribution is -0.115. The molecule has 1 amide bonds. The number of fused-ring (bicyclic) bond motifs is 1. The normalized spacial score (nSPS) is 11.0. The zero-order chi connectivity index (χ0) is 21.2. The van der Waals surface area contributed by atoms with E-state index in [4.69, 9.17) is 4.42 Å². The summed E-state index contributed by atoms with van der Waals surface area (Å²) in [5, 5.41) is 4.13. The molecule has 5 rings (SSSR count). The molecule has 0 fully saturated rings. The molecule has 5 aromatic rings. The van der Waals surface area contributed by atoms with Crippen LogP contribution in [0.5, 0.6) is 0 Å². The molecule has 0 radical (unpaired) electrons. The van der Waals surface area contributed by atoms with Crippen LogP contribution in [0.4, 0.5) is 5.69 Å². The van der Waals surface area contributed by atoms with Gasteiger partial charge in [-0.05, 0) is 66.6 Å². The number of carbonyl (C=O) groups excluding carboxylic acids is 1. The Morgan fingerprint density at radius 2 is 1.94 bits per heavy atom. The number of hydrogen-bond acceptors (Lipinski definition) is 3. The van der Waals surface area contributed by atoms with Gasteiger partial charge < -0.3 is 14.3 Å². The highest BCUT2D eigenvalue weighted by atomic mass is 16.3. The molecule has 3 heterocycles. The summed E-state index contributed by atoms with van der Waals surface area (Å²) in [5.41, 5.74) is 7.18. The zero-order valence-corrected chi connectivity index (χ0v) is 17.1. The molecule has 0 bridgehead atoms. The molecule has 1 N–H and O–H groups in total. The van der Waals surface area contributed by atoms with Crippen molar-refractivity contribution in [2.24, 2.45) is 0 Å². The second-order valence-electron chi connectivity index (χ2n) is 7.50. The lowest BCUT2D eigenvalue weighted by atomic mass is 10.0. The van der Waals surface area contributed by atoms with Gasteiger partial charge in [0.05, 0.1) is 24.5 Å². The standard InChI is InChI=1S/C26H21N3O2/c1-18-14-24-23(20-11-13-31-17-20)5-2-6-25(24)29(18)22-9-7-21(8-10-22)28-26(30)15-19-4-3-12-27-16-19/h2-14,16-17H,15H2,1H3,(H,28,30). The molecule has 5 heteroatoms. The summed E-state index contributed by atoms with van der Waals surface area (Å²) in [6.07, 6.45) is 7.17. The minimum absolute atomic E-state index is 0.0619. The number of amides is 1. The Balaban J connectivity index is 1.42. The van der Waals surface area contributed by atoms with E-state index in [1.165, 1.54) is 5.39 Å². The number of rotatable bonds is 5. The number of carbonyl (C=O) groups is 1. The van der Waals surface area contributed by atoms with Crippen LogP contribution < -0.4 is 5.32 Å². The molecule has 31 heavy (non-hydrogen) atoms. The van der Waals surface area contributed by atoms with Gasteiger partial charge in [-0.15, -0.1) is 0 Å². The van der Waals surface area contributed by atoms with Crippen LogP contribution in [0.1, 0.15) is 11.3 Å². The SMILES string of the molecule is Cc1cc2c(-c3ccoc3)cccc2n1-c1ccc(NC(=O)Cc2cccnc2)cc1. The van der Waals surface area contributed by atoms with Crippen LogP contribution >= 0.6 is 0 Å². The summed E-state index contributed by atoms with van der Waals surface area (Å²) in [4.78, 5) is 16.4. The van der Waals surface area contributed by atoms with E-state index in [2.05, 4.69) is 46.1 Å². The van der Waals surface area contributed by atoms with E-state index in [1.54, 1.807) is 24.9 Å². The first-order valence-electron chi connectivity index (χ1n) is 10.1. The first-order valence-corrected chi connectivity index (χ1v) is 10.1. The van der Waals surface area contributed by atoms with Crippen LogP contribution in [0, 0.1) is 6.92 Å². The zero-order valence-electron chi connectivity index (χ0n) is 17.1. The summed E-state index contributed by atoms with van der Waals surface area (Å²) >= 11 is 0. The van der Waals surface area contributed by atoms with Crippen molar-refractivity contribution in [2.75, 3.05) is 5.32 Å². The number of aromatic nitrogens is 2. The van der Waals surface area contributed by atoms with E-state index in [0.717, 1.165) is 39.3 Å². The Labute approximate surface area is 180 Å². The minimum atomic E-state index is -0.0619. The highest BCUT2D eigenvalue weighted by molar-refractivity contribution is 5.97. The molecule has 0 saturated heterocycles. The lowest BCUT2D eigenvalue weighted by Gasteiger charge is -2.11. The van der Waals surface area contributed by atoms with Gasteiger partial charge >= 0.3 is 0 Å². The smallest absolute Gasteiger partial charge is 0.228 e. The van der Waals surface area contributed by atoms with Gasteiger partial charge in [-0.1, -0.05) is 18.2 Å². The van der Waals surface area contributed by atoms with Gasteiger partial charge in [0.1, 0.15) is 0 Å². The molecule has 2 aromatic carbocycles. The first-order chi connectivity index (χ1) is 15.2. The van der Waals surface area contributed by atoms with Gasteiger partial charge in [-0.25, -0.2) is 0 Å². The molecule has 152 valence electrons. The fourth-order valence-corrected chi connectivity index (χ4v) is 3.96. The number of pyridine rings is 1. The number of nitrogens with one attached hydrogen (secondary N) is 1. The van der Waals surface area contributed by atoms with Crippen LogP contribution in [0.2, 0.25) is 0 Å². The maximum atomic E-state index is 12.3. The molecule has 0 unspecified atom stereocenters. The number of anilines is 1. The quantitative estimate of drug-likeness (QED) is 0.402. The van der Waals surface area contributed by atoms with Crippen LogP contribution in [0.15, 0.2) is 96.1 Å². The molecule has 0 aliphatic rings. The number of nitrogens with zero attached hydrogens (tertiary/aromatic N) is 2. The average Bonchev–Trinajstić information content (AvgIpc) is 3.42. The van der Waals surface area contributed by atoms with Gasteiger partial charge in [-0.3, -0.25) is 9.78 Å². The second kappa shape index (κ2) is 7.95.